The predicted octanol–water partition coefficient (Wildman–Crippen LogP) is 3.50. The lowest BCUT2D eigenvalue weighted by molar-refractivity contribution is -0.129. The second kappa shape index (κ2) is 8.34. The van der Waals surface area contributed by atoms with Crippen LogP contribution in [0.3, 0.4) is 0 Å². The van der Waals surface area contributed by atoms with Crippen molar-refractivity contribution in [2.24, 2.45) is 5.92 Å². The number of likely N-dealkylation sites (tertiary alicyclic amines) is 1. The van der Waals surface area contributed by atoms with Gasteiger partial charge >= 0.3 is 0 Å². The van der Waals surface area contributed by atoms with E-state index in [4.69, 9.17) is 9.15 Å². The van der Waals surface area contributed by atoms with E-state index in [1.54, 1.807) is 23.1 Å². The van der Waals surface area contributed by atoms with Crippen LogP contribution in [0.25, 0.3) is 22.9 Å². The van der Waals surface area contributed by atoms with E-state index >= 15 is 0 Å². The lowest BCUT2D eigenvalue weighted by atomic mass is 10.0. The van der Waals surface area contributed by atoms with Gasteiger partial charge in [-0.3, -0.25) is 4.79 Å². The molecule has 2 aliphatic rings. The van der Waals surface area contributed by atoms with Crippen LogP contribution in [0, 0.1) is 17.2 Å². The molecule has 168 valence electrons. The van der Waals surface area contributed by atoms with Crippen molar-refractivity contribution < 1.29 is 19.1 Å². The first kappa shape index (κ1) is 21.2. The predicted molar refractivity (Wildman–Crippen MR) is 119 cm³/mol. The van der Waals surface area contributed by atoms with Crippen LogP contribution >= 0.6 is 0 Å². The summed E-state index contributed by atoms with van der Waals surface area (Å²) in [7, 11) is 0. The van der Waals surface area contributed by atoms with Crippen LogP contribution in [0.4, 0.5) is 0 Å². The van der Waals surface area contributed by atoms with Crippen LogP contribution in [0.15, 0.2) is 40.8 Å². The lowest BCUT2D eigenvalue weighted by Gasteiger charge is -2.24. The molecule has 1 saturated heterocycles. The van der Waals surface area contributed by atoms with Crippen LogP contribution in [-0.4, -0.2) is 45.4 Å². The number of amides is 1. The zero-order valence-electron chi connectivity index (χ0n) is 18.5. The van der Waals surface area contributed by atoms with E-state index in [0.29, 0.717) is 41.6 Å². The van der Waals surface area contributed by atoms with Gasteiger partial charge in [0.25, 0.3) is 0 Å². The van der Waals surface area contributed by atoms with E-state index in [1.807, 2.05) is 32.0 Å². The minimum absolute atomic E-state index is 0.0197. The van der Waals surface area contributed by atoms with Gasteiger partial charge in [-0.2, -0.15) is 5.26 Å². The third-order valence-corrected chi connectivity index (χ3v) is 6.24. The molecule has 0 bridgehead atoms. The molecule has 0 saturated carbocycles. The SMILES string of the molecule is CC(C)Oc1ccc(-c2nnc(-c3cccc4c3CC3CC(=O)N(CCO)[C@H]43)o2)cc1C#N. The topological polar surface area (TPSA) is 112 Å². The van der Waals surface area contributed by atoms with E-state index in [0.717, 1.165) is 23.1 Å². The Morgan fingerprint density at radius 2 is 2.06 bits per heavy atom. The number of carbonyl (C=O) groups excluding carboxylic acids is 1. The van der Waals surface area contributed by atoms with Crippen molar-refractivity contribution in [2.45, 2.75) is 38.8 Å². The molecule has 0 spiro atoms. The number of β-amino-alcohol motifs (C(OH)–C–C–N with tert-alkyl or cyclic N) is 1. The highest BCUT2D eigenvalue weighted by Crippen LogP contribution is 2.49. The molecular formula is C25H24N4O4. The van der Waals surface area contributed by atoms with Gasteiger partial charge < -0.3 is 19.2 Å². The van der Waals surface area contributed by atoms with Crippen molar-refractivity contribution in [3.05, 3.63) is 53.1 Å². The first-order valence-electron chi connectivity index (χ1n) is 11.1. The Balaban J connectivity index is 1.48. The maximum atomic E-state index is 12.4. The third-order valence-electron chi connectivity index (χ3n) is 6.24. The standard InChI is InChI=1S/C25H24N4O4/c1-14(2)32-21-7-6-15(10-17(21)13-26)24-27-28-25(33-24)19-5-3-4-18-20(19)11-16-12-22(31)29(8-9-30)23(16)18/h3-7,10,14,16,23,30H,8-9,11-12H2,1-2H3/t16?,23-/m0/s1. The van der Waals surface area contributed by atoms with Gasteiger partial charge in [0, 0.05) is 24.1 Å². The number of hydrogen-bond donors (Lipinski definition) is 1. The van der Waals surface area contributed by atoms with Crippen LogP contribution < -0.4 is 4.74 Å². The number of aliphatic hydroxyl groups is 1. The minimum atomic E-state index is -0.0529. The molecule has 33 heavy (non-hydrogen) atoms. The number of aliphatic hydroxyl groups excluding tert-OH is 1. The molecule has 1 aromatic heterocycles. The van der Waals surface area contributed by atoms with E-state index in [2.05, 4.69) is 16.3 Å². The molecule has 1 aliphatic heterocycles. The Kier molecular flexibility index (Phi) is 5.35. The van der Waals surface area contributed by atoms with E-state index in [9.17, 15) is 15.2 Å². The molecule has 3 aromatic rings. The maximum Gasteiger partial charge on any atom is 0.248 e. The van der Waals surface area contributed by atoms with Gasteiger partial charge in [-0.1, -0.05) is 12.1 Å². The summed E-state index contributed by atoms with van der Waals surface area (Å²) in [6.07, 6.45) is 1.19. The lowest BCUT2D eigenvalue weighted by Crippen LogP contribution is -2.30. The molecule has 8 heteroatoms. The molecule has 1 aliphatic carbocycles. The molecule has 2 heterocycles. The van der Waals surface area contributed by atoms with Gasteiger partial charge in [0.1, 0.15) is 11.8 Å². The largest absolute Gasteiger partial charge is 0.490 e. The number of carbonyl (C=O) groups is 1. The molecular weight excluding hydrogens is 420 g/mol. The van der Waals surface area contributed by atoms with E-state index < -0.39 is 0 Å². The fourth-order valence-electron chi connectivity index (χ4n) is 4.97. The first-order valence-corrected chi connectivity index (χ1v) is 11.1. The smallest absolute Gasteiger partial charge is 0.248 e. The number of nitriles is 1. The Labute approximate surface area is 191 Å². The maximum absolute atomic E-state index is 12.4. The number of aromatic nitrogens is 2. The minimum Gasteiger partial charge on any atom is -0.490 e. The number of fused-ring (bicyclic) bond motifs is 3. The fourth-order valence-corrected chi connectivity index (χ4v) is 4.97. The highest BCUT2D eigenvalue weighted by Gasteiger charge is 2.46. The molecule has 1 fully saturated rings. The monoisotopic (exact) mass is 444 g/mol. The van der Waals surface area contributed by atoms with Gasteiger partial charge in [-0.05, 0) is 61.6 Å². The van der Waals surface area contributed by atoms with E-state index in [-0.39, 0.29) is 30.6 Å². The normalized spacial score (nSPS) is 19.0. The fraction of sp³-hybridized carbons (Fsp3) is 0.360. The Hall–Kier alpha value is -3.70. The average molecular weight is 444 g/mol. The summed E-state index contributed by atoms with van der Waals surface area (Å²) in [5.74, 6) is 1.53. The van der Waals surface area contributed by atoms with Crippen molar-refractivity contribution in [3.63, 3.8) is 0 Å². The van der Waals surface area contributed by atoms with Gasteiger partial charge in [0.05, 0.1) is 24.3 Å². The molecule has 8 nitrogen and oxygen atoms in total. The highest BCUT2D eigenvalue weighted by atomic mass is 16.5. The van der Waals surface area contributed by atoms with Crippen molar-refractivity contribution in [1.82, 2.24) is 15.1 Å². The quantitative estimate of drug-likeness (QED) is 0.619. The van der Waals surface area contributed by atoms with Gasteiger partial charge in [-0.25, -0.2) is 0 Å². The summed E-state index contributed by atoms with van der Waals surface area (Å²) < 4.78 is 11.7. The summed E-state index contributed by atoms with van der Waals surface area (Å²) in [6.45, 7) is 4.10. The Morgan fingerprint density at radius 1 is 1.24 bits per heavy atom. The van der Waals surface area contributed by atoms with E-state index in [1.165, 1.54) is 0 Å². The summed E-state index contributed by atoms with van der Waals surface area (Å²) in [5, 5.41) is 27.4. The zero-order valence-corrected chi connectivity index (χ0v) is 18.5. The summed E-state index contributed by atoms with van der Waals surface area (Å²) in [4.78, 5) is 14.2. The second-order valence-electron chi connectivity index (χ2n) is 8.70. The molecule has 1 unspecified atom stereocenters. The summed E-state index contributed by atoms with van der Waals surface area (Å²) in [5.41, 5.74) is 4.10. The van der Waals surface area contributed by atoms with Crippen molar-refractivity contribution in [1.29, 1.82) is 5.26 Å². The molecule has 2 atom stereocenters. The third kappa shape index (κ3) is 3.64. The number of nitrogens with zero attached hydrogens (tertiary/aromatic N) is 4. The molecule has 0 radical (unpaired) electrons. The molecule has 2 aromatic carbocycles. The number of rotatable bonds is 6. The molecule has 5 rings (SSSR count). The van der Waals surface area contributed by atoms with Gasteiger partial charge in [0.2, 0.25) is 17.7 Å². The summed E-state index contributed by atoms with van der Waals surface area (Å²) >= 11 is 0. The molecule has 1 amide bonds. The van der Waals surface area contributed by atoms with Gasteiger partial charge in [-0.15, -0.1) is 10.2 Å². The van der Waals surface area contributed by atoms with Crippen molar-refractivity contribution in [3.8, 4) is 34.7 Å². The number of benzene rings is 2. The van der Waals surface area contributed by atoms with Crippen molar-refractivity contribution in [2.75, 3.05) is 13.2 Å². The van der Waals surface area contributed by atoms with Gasteiger partial charge in [0.15, 0.2) is 0 Å². The Bertz CT molecular complexity index is 1260. The van der Waals surface area contributed by atoms with Crippen molar-refractivity contribution >= 4 is 5.91 Å². The molecule has 1 N–H and O–H groups in total. The Morgan fingerprint density at radius 3 is 2.82 bits per heavy atom. The first-order chi connectivity index (χ1) is 16.0. The van der Waals surface area contributed by atoms with Crippen LogP contribution in [0.2, 0.25) is 0 Å². The zero-order chi connectivity index (χ0) is 23.1. The average Bonchev–Trinajstić information content (AvgIpc) is 3.49. The van der Waals surface area contributed by atoms with Crippen LogP contribution in [0.1, 0.15) is 43.0 Å². The number of hydrogen-bond acceptors (Lipinski definition) is 7. The number of ether oxygens (including phenoxy) is 1. The highest BCUT2D eigenvalue weighted by molar-refractivity contribution is 5.81. The van der Waals surface area contributed by atoms with Crippen LogP contribution in [0.5, 0.6) is 5.75 Å². The summed E-state index contributed by atoms with van der Waals surface area (Å²) in [6, 6.07) is 13.3. The second-order valence-corrected chi connectivity index (χ2v) is 8.70. The van der Waals surface area contributed by atoms with Crippen LogP contribution in [-0.2, 0) is 11.2 Å².